The number of hydrogen-bond donors (Lipinski definition) is 2. The molecular weight excluding hydrogens is 214 g/mol. The Bertz CT molecular complexity index is 528. The maximum absolute atomic E-state index is 5.62. The summed E-state index contributed by atoms with van der Waals surface area (Å²) in [4.78, 5) is 12.2. The molecule has 3 rings (SSSR count). The number of aromatic nitrogens is 3. The van der Waals surface area contributed by atoms with E-state index in [2.05, 4.69) is 27.1 Å². The number of hydrogen-bond acceptors (Lipinski definition) is 5. The molecule has 86 valence electrons. The van der Waals surface area contributed by atoms with Crippen molar-refractivity contribution >= 4 is 11.9 Å². The molecule has 2 aromatic rings. The normalized spacial score (nSPS) is 16.7. The lowest BCUT2D eigenvalue weighted by Gasteiger charge is -2.14. The number of benzene rings is 1. The smallest absolute Gasteiger partial charge is 0.225 e. The summed E-state index contributed by atoms with van der Waals surface area (Å²) in [5.74, 6) is 1.07. The van der Waals surface area contributed by atoms with E-state index in [1.165, 1.54) is 5.56 Å². The zero-order valence-electron chi connectivity index (χ0n) is 9.30. The Morgan fingerprint density at radius 3 is 2.00 bits per heavy atom. The van der Waals surface area contributed by atoms with Crippen LogP contribution in [0.5, 0.6) is 0 Å². The Morgan fingerprint density at radius 2 is 1.47 bits per heavy atom. The number of nitrogens with zero attached hydrogens (tertiary/aromatic N) is 3. The molecule has 1 aliphatic rings. The van der Waals surface area contributed by atoms with Crippen molar-refractivity contribution in [2.24, 2.45) is 0 Å². The second-order valence-electron chi connectivity index (χ2n) is 4.32. The van der Waals surface area contributed by atoms with Gasteiger partial charge in [-0.2, -0.15) is 15.0 Å². The molecule has 5 nitrogen and oxygen atoms in total. The largest absolute Gasteiger partial charge is 0.368 e. The highest BCUT2D eigenvalue weighted by Crippen LogP contribution is 2.52. The van der Waals surface area contributed by atoms with Gasteiger partial charge in [0.2, 0.25) is 11.9 Å². The van der Waals surface area contributed by atoms with Gasteiger partial charge in [-0.15, -0.1) is 0 Å². The van der Waals surface area contributed by atoms with Gasteiger partial charge in [-0.3, -0.25) is 0 Å². The molecular formula is C12H13N5. The monoisotopic (exact) mass is 227 g/mol. The van der Waals surface area contributed by atoms with E-state index in [1.807, 2.05) is 18.2 Å². The number of rotatable bonds is 2. The van der Waals surface area contributed by atoms with Crippen LogP contribution < -0.4 is 11.5 Å². The third kappa shape index (κ3) is 1.60. The lowest BCUT2D eigenvalue weighted by atomic mass is 9.95. The van der Waals surface area contributed by atoms with Gasteiger partial charge in [0, 0.05) is 0 Å². The van der Waals surface area contributed by atoms with E-state index < -0.39 is 0 Å². The summed E-state index contributed by atoms with van der Waals surface area (Å²) in [6.07, 6.45) is 2.06. The summed E-state index contributed by atoms with van der Waals surface area (Å²) in [5.41, 5.74) is 12.3. The van der Waals surface area contributed by atoms with Crippen LogP contribution in [0.25, 0.3) is 0 Å². The van der Waals surface area contributed by atoms with Gasteiger partial charge >= 0.3 is 0 Å². The molecule has 0 unspecified atom stereocenters. The van der Waals surface area contributed by atoms with Crippen molar-refractivity contribution in [2.45, 2.75) is 18.3 Å². The maximum atomic E-state index is 5.62. The van der Waals surface area contributed by atoms with Crippen LogP contribution in [-0.4, -0.2) is 15.0 Å². The first-order valence-electron chi connectivity index (χ1n) is 5.54. The van der Waals surface area contributed by atoms with Crippen LogP contribution in [0, 0.1) is 0 Å². The molecule has 4 N–H and O–H groups in total. The highest BCUT2D eigenvalue weighted by molar-refractivity contribution is 5.41. The Kier molecular flexibility index (Phi) is 2.01. The van der Waals surface area contributed by atoms with Gasteiger partial charge in [0.25, 0.3) is 0 Å². The van der Waals surface area contributed by atoms with Crippen molar-refractivity contribution in [2.75, 3.05) is 11.5 Å². The van der Waals surface area contributed by atoms with E-state index in [4.69, 9.17) is 11.5 Å². The summed E-state index contributed by atoms with van der Waals surface area (Å²) in [5, 5.41) is 0. The molecule has 0 radical (unpaired) electrons. The van der Waals surface area contributed by atoms with Gasteiger partial charge in [0.15, 0.2) is 0 Å². The standard InChI is InChI=1S/C12H13N5/c13-10-15-9(16-11(14)17-10)12(6-7-12)8-4-2-1-3-5-8/h1-5H,6-7H2,(H4,13,14,15,16,17). The summed E-state index contributed by atoms with van der Waals surface area (Å²) < 4.78 is 0. The molecule has 1 fully saturated rings. The van der Waals surface area contributed by atoms with E-state index in [9.17, 15) is 0 Å². The van der Waals surface area contributed by atoms with E-state index in [0.29, 0.717) is 5.82 Å². The van der Waals surface area contributed by atoms with Gasteiger partial charge in [-0.1, -0.05) is 30.3 Å². The summed E-state index contributed by atoms with van der Waals surface area (Å²) in [6.45, 7) is 0. The van der Waals surface area contributed by atoms with Crippen LogP contribution in [0.4, 0.5) is 11.9 Å². The average Bonchev–Trinajstić information content (AvgIpc) is 3.10. The van der Waals surface area contributed by atoms with E-state index in [0.717, 1.165) is 12.8 Å². The fourth-order valence-corrected chi connectivity index (χ4v) is 2.15. The van der Waals surface area contributed by atoms with Gasteiger partial charge in [-0.25, -0.2) is 0 Å². The van der Waals surface area contributed by atoms with Gasteiger partial charge in [0.1, 0.15) is 5.82 Å². The summed E-state index contributed by atoms with van der Waals surface area (Å²) >= 11 is 0. The number of nitrogen functional groups attached to an aromatic ring is 2. The second kappa shape index (κ2) is 3.41. The second-order valence-corrected chi connectivity index (χ2v) is 4.32. The van der Waals surface area contributed by atoms with Crippen LogP contribution >= 0.6 is 0 Å². The summed E-state index contributed by atoms with van der Waals surface area (Å²) in [7, 11) is 0. The van der Waals surface area contributed by atoms with E-state index in [-0.39, 0.29) is 17.3 Å². The Morgan fingerprint density at radius 1 is 0.882 bits per heavy atom. The van der Waals surface area contributed by atoms with Crippen molar-refractivity contribution in [3.63, 3.8) is 0 Å². The predicted molar refractivity (Wildman–Crippen MR) is 65.1 cm³/mol. The quantitative estimate of drug-likeness (QED) is 0.802. The Hall–Kier alpha value is -2.17. The lowest BCUT2D eigenvalue weighted by Crippen LogP contribution is -2.16. The van der Waals surface area contributed by atoms with Crippen molar-refractivity contribution in [3.05, 3.63) is 41.7 Å². The van der Waals surface area contributed by atoms with Crippen LogP contribution in [0.3, 0.4) is 0 Å². The van der Waals surface area contributed by atoms with Crippen molar-refractivity contribution in [1.29, 1.82) is 0 Å². The molecule has 0 atom stereocenters. The minimum Gasteiger partial charge on any atom is -0.368 e. The van der Waals surface area contributed by atoms with E-state index in [1.54, 1.807) is 0 Å². The molecule has 0 spiro atoms. The lowest BCUT2D eigenvalue weighted by molar-refractivity contribution is 0.749. The summed E-state index contributed by atoms with van der Waals surface area (Å²) in [6, 6.07) is 10.2. The fourth-order valence-electron chi connectivity index (χ4n) is 2.15. The van der Waals surface area contributed by atoms with Crippen LogP contribution in [0.15, 0.2) is 30.3 Å². The first-order valence-corrected chi connectivity index (χ1v) is 5.54. The van der Waals surface area contributed by atoms with Crippen molar-refractivity contribution in [3.8, 4) is 0 Å². The molecule has 0 amide bonds. The molecule has 1 aromatic carbocycles. The topological polar surface area (TPSA) is 90.7 Å². The number of anilines is 2. The van der Waals surface area contributed by atoms with Crippen LogP contribution in [0.2, 0.25) is 0 Å². The minimum atomic E-state index is -0.105. The molecule has 1 saturated carbocycles. The molecule has 0 bridgehead atoms. The molecule has 1 heterocycles. The molecule has 1 aliphatic carbocycles. The van der Waals surface area contributed by atoms with Gasteiger partial charge in [-0.05, 0) is 18.4 Å². The molecule has 5 heteroatoms. The average molecular weight is 227 g/mol. The number of nitrogens with two attached hydrogens (primary N) is 2. The highest BCUT2D eigenvalue weighted by Gasteiger charge is 2.48. The van der Waals surface area contributed by atoms with Gasteiger partial charge in [0.05, 0.1) is 5.41 Å². The first-order chi connectivity index (χ1) is 8.21. The van der Waals surface area contributed by atoms with Crippen molar-refractivity contribution in [1.82, 2.24) is 15.0 Å². The highest BCUT2D eigenvalue weighted by atomic mass is 15.1. The van der Waals surface area contributed by atoms with Crippen LogP contribution in [0.1, 0.15) is 24.2 Å². The minimum absolute atomic E-state index is 0.105. The predicted octanol–water partition coefficient (Wildman–Crippen LogP) is 1.12. The third-order valence-corrected chi connectivity index (χ3v) is 3.17. The molecule has 17 heavy (non-hydrogen) atoms. The fraction of sp³-hybridized carbons (Fsp3) is 0.250. The van der Waals surface area contributed by atoms with Crippen LogP contribution in [-0.2, 0) is 5.41 Å². The zero-order valence-corrected chi connectivity index (χ0v) is 9.30. The SMILES string of the molecule is Nc1nc(N)nc(C2(c3ccccc3)CC2)n1. The molecule has 1 aromatic heterocycles. The Labute approximate surface area is 98.9 Å². The first kappa shape index (κ1) is 10.0. The third-order valence-electron chi connectivity index (χ3n) is 3.17. The van der Waals surface area contributed by atoms with Gasteiger partial charge < -0.3 is 11.5 Å². The van der Waals surface area contributed by atoms with Crippen molar-refractivity contribution < 1.29 is 0 Å². The molecule has 0 aliphatic heterocycles. The van der Waals surface area contributed by atoms with E-state index >= 15 is 0 Å². The Balaban J connectivity index is 2.09. The zero-order chi connectivity index (χ0) is 11.9. The maximum Gasteiger partial charge on any atom is 0.225 e. The molecule has 0 saturated heterocycles.